The lowest BCUT2D eigenvalue weighted by Gasteiger charge is -2.15. The van der Waals surface area contributed by atoms with Crippen molar-refractivity contribution in [1.29, 1.82) is 5.26 Å². The van der Waals surface area contributed by atoms with E-state index in [0.29, 0.717) is 22.7 Å². The van der Waals surface area contributed by atoms with Crippen LogP contribution < -0.4 is 5.32 Å². The first kappa shape index (κ1) is 26.4. The molecule has 0 aliphatic carbocycles. The van der Waals surface area contributed by atoms with Gasteiger partial charge in [-0.15, -0.1) is 0 Å². The van der Waals surface area contributed by atoms with Crippen LogP contribution in [0.1, 0.15) is 39.5 Å². The molecule has 1 amide bonds. The van der Waals surface area contributed by atoms with Crippen molar-refractivity contribution in [3.05, 3.63) is 87.4 Å². The van der Waals surface area contributed by atoms with E-state index in [-0.39, 0.29) is 23.1 Å². The number of carbonyl (C=O) groups is 1. The van der Waals surface area contributed by atoms with Gasteiger partial charge in [0.15, 0.2) is 9.84 Å². The maximum atomic E-state index is 12.8. The first-order valence-electron chi connectivity index (χ1n) is 11.1. The van der Waals surface area contributed by atoms with E-state index in [1.807, 2.05) is 44.1 Å². The Labute approximate surface area is 212 Å². The number of rotatable bonds is 8. The summed E-state index contributed by atoms with van der Waals surface area (Å²) in [5.41, 5.74) is 5.16. The standard InChI is InChI=1S/C27H28ClN3O3S/c1-5-35(33,34)24-10-6-19(7-11-24)16-30-27(32)22-12-18(2)26(25(28)14-22)20-8-9-21(17-31(3)4)23(13-20)15-29/h6-14H,5,16-17H2,1-4H3,(H,30,32). The van der Waals surface area contributed by atoms with Crippen LogP contribution in [0.5, 0.6) is 0 Å². The van der Waals surface area contributed by atoms with E-state index in [4.69, 9.17) is 11.6 Å². The van der Waals surface area contributed by atoms with Crippen molar-refractivity contribution in [3.8, 4) is 17.2 Å². The maximum absolute atomic E-state index is 12.8. The Bertz CT molecular complexity index is 1370. The van der Waals surface area contributed by atoms with Gasteiger partial charge in [-0.3, -0.25) is 4.79 Å². The smallest absolute Gasteiger partial charge is 0.251 e. The van der Waals surface area contributed by atoms with Gasteiger partial charge in [-0.25, -0.2) is 8.42 Å². The van der Waals surface area contributed by atoms with Gasteiger partial charge in [0.25, 0.3) is 5.91 Å². The third kappa shape index (κ3) is 6.29. The Kier molecular flexibility index (Phi) is 8.34. The number of nitriles is 1. The van der Waals surface area contributed by atoms with Gasteiger partial charge in [0.1, 0.15) is 0 Å². The molecule has 0 bridgehead atoms. The van der Waals surface area contributed by atoms with Crippen LogP contribution in [0.25, 0.3) is 11.1 Å². The minimum absolute atomic E-state index is 0.0389. The van der Waals surface area contributed by atoms with Gasteiger partial charge in [0.05, 0.1) is 22.3 Å². The number of nitrogens with one attached hydrogen (secondary N) is 1. The lowest BCUT2D eigenvalue weighted by molar-refractivity contribution is 0.0951. The van der Waals surface area contributed by atoms with Crippen molar-refractivity contribution >= 4 is 27.3 Å². The summed E-state index contributed by atoms with van der Waals surface area (Å²) in [5.74, 6) is -0.247. The zero-order valence-electron chi connectivity index (χ0n) is 20.2. The molecule has 0 saturated heterocycles. The average Bonchev–Trinajstić information content (AvgIpc) is 2.82. The number of hydrogen-bond donors (Lipinski definition) is 1. The van der Waals surface area contributed by atoms with Crippen LogP contribution in [0, 0.1) is 18.3 Å². The molecule has 0 radical (unpaired) electrons. The number of halogens is 1. The molecule has 0 aromatic heterocycles. The van der Waals surface area contributed by atoms with E-state index in [0.717, 1.165) is 27.8 Å². The van der Waals surface area contributed by atoms with Crippen LogP contribution in [0.2, 0.25) is 5.02 Å². The number of amides is 1. The molecule has 0 unspecified atom stereocenters. The summed E-state index contributed by atoms with van der Waals surface area (Å²) >= 11 is 6.60. The van der Waals surface area contributed by atoms with Crippen molar-refractivity contribution in [2.24, 2.45) is 0 Å². The van der Waals surface area contributed by atoms with Crippen molar-refractivity contribution in [2.45, 2.75) is 31.8 Å². The fraction of sp³-hybridized carbons (Fsp3) is 0.259. The van der Waals surface area contributed by atoms with E-state index in [2.05, 4.69) is 11.4 Å². The summed E-state index contributed by atoms with van der Waals surface area (Å²) in [5, 5.41) is 12.9. The van der Waals surface area contributed by atoms with E-state index in [9.17, 15) is 18.5 Å². The normalized spacial score (nSPS) is 11.3. The quantitative estimate of drug-likeness (QED) is 0.463. The van der Waals surface area contributed by atoms with Crippen LogP contribution in [0.4, 0.5) is 0 Å². The lowest BCUT2D eigenvalue weighted by Crippen LogP contribution is -2.23. The number of aryl methyl sites for hydroxylation is 1. The zero-order valence-corrected chi connectivity index (χ0v) is 21.8. The van der Waals surface area contributed by atoms with Gasteiger partial charge in [-0.2, -0.15) is 5.26 Å². The second-order valence-electron chi connectivity index (χ2n) is 8.60. The Morgan fingerprint density at radius 1 is 1.09 bits per heavy atom. The summed E-state index contributed by atoms with van der Waals surface area (Å²) in [7, 11) is 0.640. The SMILES string of the molecule is CCS(=O)(=O)c1ccc(CNC(=O)c2cc(C)c(-c3ccc(CN(C)C)c(C#N)c3)c(Cl)c2)cc1. The van der Waals surface area contributed by atoms with Crippen molar-refractivity contribution in [2.75, 3.05) is 19.8 Å². The molecule has 1 N–H and O–H groups in total. The molecule has 3 aromatic carbocycles. The molecule has 0 fully saturated rings. The predicted octanol–water partition coefficient (Wildman–Crippen LogP) is 4.97. The second-order valence-corrected chi connectivity index (χ2v) is 11.3. The van der Waals surface area contributed by atoms with Crippen molar-refractivity contribution in [1.82, 2.24) is 10.2 Å². The monoisotopic (exact) mass is 509 g/mol. The van der Waals surface area contributed by atoms with Gasteiger partial charge in [-0.1, -0.05) is 42.8 Å². The predicted molar refractivity (Wildman–Crippen MR) is 139 cm³/mol. The first-order valence-corrected chi connectivity index (χ1v) is 13.2. The molecule has 0 heterocycles. The molecule has 0 atom stereocenters. The zero-order chi connectivity index (χ0) is 25.8. The summed E-state index contributed by atoms with van der Waals surface area (Å²) in [6.07, 6.45) is 0. The highest BCUT2D eigenvalue weighted by atomic mass is 35.5. The van der Waals surface area contributed by atoms with Crippen molar-refractivity contribution in [3.63, 3.8) is 0 Å². The summed E-state index contributed by atoms with van der Waals surface area (Å²) < 4.78 is 23.9. The molecular formula is C27H28ClN3O3S. The summed E-state index contributed by atoms with van der Waals surface area (Å²) in [4.78, 5) is 15.0. The minimum Gasteiger partial charge on any atom is -0.348 e. The molecular weight excluding hydrogens is 482 g/mol. The molecule has 0 aliphatic heterocycles. The fourth-order valence-corrected chi connectivity index (χ4v) is 5.08. The molecule has 182 valence electrons. The van der Waals surface area contributed by atoms with Gasteiger partial charge in [0.2, 0.25) is 0 Å². The van der Waals surface area contributed by atoms with Gasteiger partial charge < -0.3 is 10.2 Å². The molecule has 35 heavy (non-hydrogen) atoms. The van der Waals surface area contributed by atoms with Gasteiger partial charge in [-0.05, 0) is 73.6 Å². The number of sulfone groups is 1. The number of benzene rings is 3. The first-order chi connectivity index (χ1) is 16.6. The molecule has 0 spiro atoms. The van der Waals surface area contributed by atoms with Crippen LogP contribution in [0.15, 0.2) is 59.5 Å². The van der Waals surface area contributed by atoms with E-state index in [1.165, 1.54) is 0 Å². The molecule has 3 aromatic rings. The third-order valence-corrected chi connectivity index (χ3v) is 7.72. The Hall–Kier alpha value is -3.18. The van der Waals surface area contributed by atoms with Gasteiger partial charge in [0, 0.05) is 29.2 Å². The Morgan fingerprint density at radius 2 is 1.77 bits per heavy atom. The highest BCUT2D eigenvalue weighted by molar-refractivity contribution is 7.91. The van der Waals surface area contributed by atoms with Crippen LogP contribution >= 0.6 is 11.6 Å². The van der Waals surface area contributed by atoms with Crippen LogP contribution in [-0.2, 0) is 22.9 Å². The third-order valence-electron chi connectivity index (χ3n) is 5.67. The van der Waals surface area contributed by atoms with Crippen molar-refractivity contribution < 1.29 is 13.2 Å². The van der Waals surface area contributed by atoms with Crippen LogP contribution in [0.3, 0.4) is 0 Å². The maximum Gasteiger partial charge on any atom is 0.251 e. The molecule has 3 rings (SSSR count). The second kappa shape index (κ2) is 11.0. The minimum atomic E-state index is -3.26. The lowest BCUT2D eigenvalue weighted by atomic mass is 9.95. The average molecular weight is 510 g/mol. The van der Waals surface area contributed by atoms with E-state index >= 15 is 0 Å². The number of nitrogens with zero attached hydrogens (tertiary/aromatic N) is 2. The Balaban J connectivity index is 1.78. The topological polar surface area (TPSA) is 90.3 Å². The highest BCUT2D eigenvalue weighted by Gasteiger charge is 2.16. The number of hydrogen-bond acceptors (Lipinski definition) is 5. The molecule has 6 nitrogen and oxygen atoms in total. The molecule has 0 aliphatic rings. The van der Waals surface area contributed by atoms with E-state index < -0.39 is 9.84 Å². The number of carbonyl (C=O) groups excluding carboxylic acids is 1. The summed E-state index contributed by atoms with van der Waals surface area (Å²) in [6, 6.07) is 17.8. The largest absolute Gasteiger partial charge is 0.348 e. The van der Waals surface area contributed by atoms with Crippen LogP contribution in [-0.4, -0.2) is 39.1 Å². The Morgan fingerprint density at radius 3 is 2.34 bits per heavy atom. The molecule has 0 saturated carbocycles. The van der Waals surface area contributed by atoms with Gasteiger partial charge >= 0.3 is 0 Å². The molecule has 8 heteroatoms. The highest BCUT2D eigenvalue weighted by Crippen LogP contribution is 2.33. The fourth-order valence-electron chi connectivity index (χ4n) is 3.82. The summed E-state index contributed by atoms with van der Waals surface area (Å²) in [6.45, 7) is 4.39. The van der Waals surface area contributed by atoms with E-state index in [1.54, 1.807) is 43.3 Å².